The highest BCUT2D eigenvalue weighted by Crippen LogP contribution is 2.36. The van der Waals surface area contributed by atoms with E-state index >= 15 is 0 Å². The number of aromatic nitrogens is 4. The van der Waals surface area contributed by atoms with Crippen LogP contribution in [0, 0.1) is 110 Å². The van der Waals surface area contributed by atoms with Crippen LogP contribution in [0.25, 0.3) is 0 Å². The molecule has 0 aliphatic heterocycles. The number of anilines is 8. The van der Waals surface area contributed by atoms with Crippen molar-refractivity contribution >= 4 is 178 Å². The number of benzene rings is 4. The fourth-order valence-corrected chi connectivity index (χ4v) is 19.6. The average Bonchev–Trinajstić information content (AvgIpc) is 1.27. The smallest absolute Gasteiger partial charge is 0.267 e. The number of sulfonamides is 4. The van der Waals surface area contributed by atoms with Crippen molar-refractivity contribution < 1.29 is 137 Å². The number of ketones is 4. The minimum absolute atomic E-state index is 0.0477. The largest absolute Gasteiger partial charge is 0.337 e. The van der Waals surface area contributed by atoms with Gasteiger partial charge in [0.25, 0.3) is 63.7 Å². The summed E-state index contributed by atoms with van der Waals surface area (Å²) in [6.45, 7) is -16.4. The highest BCUT2D eigenvalue weighted by molar-refractivity contribution is 7.94. The van der Waals surface area contributed by atoms with E-state index in [4.69, 9.17) is 64.7 Å². The number of Topliss-reactive ketones (excluding diaryl/α,β-unsaturated/α-hetero) is 4. The Kier molecular flexibility index (Phi) is 17.0. The van der Waals surface area contributed by atoms with Crippen LogP contribution in [0.4, 0.5) is 46.3 Å². The maximum atomic E-state index is 13.4. The predicted molar refractivity (Wildman–Crippen MR) is 460 cm³/mol. The van der Waals surface area contributed by atoms with E-state index in [0.29, 0.717) is 74.0 Å². The Morgan fingerprint density at radius 3 is 0.783 bits per heavy atom. The molecule has 0 fully saturated rings. The molecule has 0 spiro atoms. The van der Waals surface area contributed by atoms with Crippen LogP contribution in [0.15, 0.2) is 132 Å². The molecule has 12 aromatic rings. The van der Waals surface area contributed by atoms with Crippen LogP contribution in [-0.2, 0) is 40.1 Å². The average molecular weight is 1820 g/mol. The van der Waals surface area contributed by atoms with Crippen molar-refractivity contribution in [2.24, 2.45) is 0 Å². The van der Waals surface area contributed by atoms with E-state index < -0.39 is 271 Å². The van der Waals surface area contributed by atoms with Gasteiger partial charge in [-0.2, -0.15) is 0 Å². The van der Waals surface area contributed by atoms with Crippen LogP contribution < -0.4 is 40.2 Å². The Balaban J connectivity index is 0.000000228. The Morgan fingerprint density at radius 2 is 0.558 bits per heavy atom. The maximum Gasteiger partial charge on any atom is 0.267 e. The zero-order valence-electron chi connectivity index (χ0n) is 97.1. The number of amides is 4. The molecule has 32 nitrogen and oxygen atoms in total. The molecule has 0 bridgehead atoms. The lowest BCUT2D eigenvalue weighted by Gasteiger charge is -2.14. The number of aryl methyl sites for hydroxylation is 12. The second-order valence-corrected chi connectivity index (χ2v) is 35.1. The van der Waals surface area contributed by atoms with E-state index in [1.54, 1.807) is 34.6 Å². The second-order valence-electron chi connectivity index (χ2n) is 24.9. The summed E-state index contributed by atoms with van der Waals surface area (Å²) < 4.78 is 394. The van der Waals surface area contributed by atoms with Crippen LogP contribution in [0.2, 0.25) is 0 Å². The zero-order chi connectivity index (χ0) is 117. The van der Waals surface area contributed by atoms with Gasteiger partial charge in [-0.1, -0.05) is 44.9 Å². The molecule has 0 aliphatic rings. The first-order valence-corrected chi connectivity index (χ1v) is 42.5. The lowest BCUT2D eigenvalue weighted by molar-refractivity contribution is 0.100. The van der Waals surface area contributed by atoms with Gasteiger partial charge in [0.2, 0.25) is 23.5 Å². The molecule has 0 radical (unpaired) electrons. The zero-order valence-corrected chi connectivity index (χ0v) is 69.7. The SMILES string of the molecule is [2H]c1c(C([2H])([2H])[2H])cc(C([2H])([2H])[2H])c(NC(=O)c2sccc2S(=O)(=O)Nc2onc(C)c2C([2H])([2H])[2H])c1C(=O)C([2H])([2H])[2H].[2H]c1c(C([2H])([2H])[2H])cc(C([2H])([2H])[2H])c(NC(=O)c2sccc2S(=O)(=O)Nc2onc(C)c2C)c1C(=O)C([2H])([2H])[2H].[2H]c1c(C)cc(C)c(NC(=O)c2sccc2S(=O)(=O)Nc2onc(C)c2C([2H])([2H])[2H])c1C(=O)C([2H])([2H])[2H].[2H]c1c(C)cc(C)c(NC(=O)c2sccc2S(=O)(=O)Nc2onc(C)c2C)c1C(=O)C([2H])([2H])[2H]. The number of hydrogen-bond acceptors (Lipinski definition) is 28. The van der Waals surface area contributed by atoms with E-state index in [-0.39, 0.29) is 66.8 Å². The Morgan fingerprint density at radius 1 is 0.325 bits per heavy atom. The minimum atomic E-state index is -4.79. The lowest BCUT2D eigenvalue weighted by Crippen LogP contribution is -2.20. The molecule has 0 atom stereocenters. The number of carbonyl (C=O) groups excluding carboxylic acids is 8. The Labute approximate surface area is 755 Å². The number of nitrogens with zero attached hydrogens (tertiary/aromatic N) is 4. The van der Waals surface area contributed by atoms with Crippen LogP contribution >= 0.6 is 45.3 Å². The summed E-state index contributed by atoms with van der Waals surface area (Å²) in [5, 5.41) is 28.2. The van der Waals surface area contributed by atoms with Gasteiger partial charge in [0.1, 0.15) is 39.1 Å². The van der Waals surface area contributed by atoms with E-state index in [9.17, 15) is 72.0 Å². The first-order valence-electron chi connectivity index (χ1n) is 50.1. The third-order valence-electron chi connectivity index (χ3n) is 16.2. The summed E-state index contributed by atoms with van der Waals surface area (Å²) in [5.74, 6) is -12.5. The van der Waals surface area contributed by atoms with Gasteiger partial charge in [-0.15, -0.1) is 45.3 Å². The van der Waals surface area contributed by atoms with Gasteiger partial charge >= 0.3 is 0 Å². The first-order chi connectivity index (χ1) is 69.9. The number of hydrogen-bond donors (Lipinski definition) is 8. The molecule has 40 heteroatoms. The van der Waals surface area contributed by atoms with Crippen molar-refractivity contribution in [1.29, 1.82) is 0 Å². The molecule has 8 heterocycles. The van der Waals surface area contributed by atoms with Gasteiger partial charge in [-0.25, -0.2) is 52.6 Å². The summed E-state index contributed by atoms with van der Waals surface area (Å²) in [5.41, 5.74) is -7.71. The normalized spacial score (nSPS) is 16.6. The highest BCUT2D eigenvalue weighted by atomic mass is 32.2. The first kappa shape index (κ1) is 55.0. The van der Waals surface area contributed by atoms with Crippen molar-refractivity contribution in [1.82, 2.24) is 20.6 Å². The van der Waals surface area contributed by atoms with Crippen LogP contribution in [0.5, 0.6) is 0 Å². The number of rotatable bonds is 24. The molecule has 0 aliphatic carbocycles. The summed E-state index contributed by atoms with van der Waals surface area (Å²) in [4.78, 5) is 100. The summed E-state index contributed by atoms with van der Waals surface area (Å²) in [7, 11) is -18.1. The summed E-state index contributed by atoms with van der Waals surface area (Å²) in [6, 6.07) is 5.39. The fourth-order valence-electron chi connectivity index (χ4n) is 10.2. The molecule has 8 aromatic heterocycles. The van der Waals surface area contributed by atoms with Gasteiger partial charge in [0, 0.05) is 85.6 Å². The van der Waals surface area contributed by atoms with Crippen LogP contribution in [0.1, 0.15) is 244 Å². The van der Waals surface area contributed by atoms with Crippen molar-refractivity contribution in [2.45, 2.75) is 157 Å². The quantitative estimate of drug-likeness (QED) is 0.0260. The summed E-state index contributed by atoms with van der Waals surface area (Å²) in [6.07, 6.45) is 0. The second kappa shape index (κ2) is 37.2. The highest BCUT2D eigenvalue weighted by Gasteiger charge is 2.33. The standard InChI is InChI=1S/4C20H21N3O5S2/c4*1-10-8-11(2)17(15(9-10)14(5)24)21-19(25)18-16(6-7-29-18)30(26,27)23-20-12(3)13(4)22-28-20/h4*6-9,23H,1-5H3,(H,21,25)/i1D3,2D3,3D3,5D3,9D;1D3,2D3,5D3,9D;3D3,5D3,9D;5D3,9D. The fraction of sp³-hybridized carbons (Fsp3) is 0.250. The molecule has 0 unspecified atom stereocenters. The predicted octanol–water partition coefficient (Wildman–Crippen LogP) is 16.9. The third-order valence-corrected chi connectivity index (χ3v) is 25.9. The number of carbonyl (C=O) groups is 8. The molecule has 12 rings (SSSR count). The monoisotopic (exact) mass is 1820 g/mol. The van der Waals surface area contributed by atoms with Crippen molar-refractivity contribution in [3.05, 3.63) is 226 Å². The molecule has 632 valence electrons. The molecular weight excluding hydrogens is 1710 g/mol. The van der Waals surface area contributed by atoms with Gasteiger partial charge in [-0.3, -0.25) is 38.4 Å². The van der Waals surface area contributed by atoms with Crippen molar-refractivity contribution in [3.8, 4) is 0 Å². The Hall–Kier alpha value is -11.9. The molecular formula is C80H84N12O20S8. The molecule has 0 saturated heterocycles. The van der Waals surface area contributed by atoms with Crippen LogP contribution in [-0.4, -0.2) is 101 Å². The lowest BCUT2D eigenvalue weighted by atomic mass is 10.0. The Bertz CT molecular complexity index is 8070. The molecule has 8 N–H and O–H groups in total. The van der Waals surface area contributed by atoms with E-state index in [1.165, 1.54) is 69.0 Å². The van der Waals surface area contributed by atoms with E-state index in [2.05, 4.69) is 46.0 Å². The molecule has 120 heavy (non-hydrogen) atoms. The van der Waals surface area contributed by atoms with Gasteiger partial charge in [-0.05, 0) is 252 Å². The van der Waals surface area contributed by atoms with E-state index in [1.807, 2.05) is 14.8 Å². The molecule has 4 aromatic carbocycles. The topological polar surface area (TPSA) is 473 Å². The molecule has 4 amide bonds. The van der Waals surface area contributed by atoms with Gasteiger partial charge in [0.05, 0.1) is 51.0 Å². The molecule has 0 saturated carbocycles. The van der Waals surface area contributed by atoms with Gasteiger partial charge < -0.3 is 39.4 Å². The number of thiophene rings is 4. The van der Waals surface area contributed by atoms with E-state index in [0.717, 1.165) is 46.3 Å². The summed E-state index contributed by atoms with van der Waals surface area (Å²) >= 11 is 2.70. The van der Waals surface area contributed by atoms with Crippen LogP contribution in [0.3, 0.4) is 0 Å². The number of nitrogens with one attached hydrogen (secondary N) is 8. The van der Waals surface area contributed by atoms with Crippen molar-refractivity contribution in [3.63, 3.8) is 0 Å². The maximum absolute atomic E-state index is 13.4. The third kappa shape index (κ3) is 21.0. The van der Waals surface area contributed by atoms with Gasteiger partial charge in [0.15, 0.2) is 23.1 Å². The minimum Gasteiger partial charge on any atom is -0.337 e. The van der Waals surface area contributed by atoms with Crippen molar-refractivity contribution in [2.75, 3.05) is 40.2 Å².